The number of benzene rings is 1. The fourth-order valence-electron chi connectivity index (χ4n) is 1.87. The van der Waals surface area contributed by atoms with Crippen molar-refractivity contribution in [1.29, 1.82) is 0 Å². The first-order valence-corrected chi connectivity index (χ1v) is 6.05. The van der Waals surface area contributed by atoms with E-state index in [4.69, 9.17) is 5.73 Å². The van der Waals surface area contributed by atoms with Gasteiger partial charge in [-0.15, -0.1) is 0 Å². The quantitative estimate of drug-likeness (QED) is 0.774. The molecule has 0 fully saturated rings. The first-order chi connectivity index (χ1) is 7.58. The van der Waals surface area contributed by atoms with Crippen molar-refractivity contribution in [3.63, 3.8) is 0 Å². The third-order valence-corrected chi connectivity index (χ3v) is 3.35. The van der Waals surface area contributed by atoms with E-state index in [2.05, 4.69) is 12.1 Å². The highest BCUT2D eigenvalue weighted by molar-refractivity contribution is 5.14. The van der Waals surface area contributed by atoms with E-state index >= 15 is 0 Å². The van der Waals surface area contributed by atoms with Crippen LogP contribution in [0, 0.1) is 5.92 Å². The van der Waals surface area contributed by atoms with Crippen molar-refractivity contribution in [3.05, 3.63) is 35.9 Å². The molecular weight excluding hydrogens is 198 g/mol. The molecule has 1 atom stereocenters. The van der Waals surface area contributed by atoms with E-state index in [0.29, 0.717) is 6.54 Å². The summed E-state index contributed by atoms with van der Waals surface area (Å²) in [6.07, 6.45) is 2.77. The fraction of sp³-hybridized carbons (Fsp3) is 0.571. The molecule has 0 bridgehead atoms. The molecule has 2 heteroatoms. The lowest BCUT2D eigenvalue weighted by molar-refractivity contribution is -0.00587. The molecule has 1 aromatic rings. The lowest BCUT2D eigenvalue weighted by Gasteiger charge is -2.30. The van der Waals surface area contributed by atoms with Gasteiger partial charge in [0.1, 0.15) is 0 Å². The summed E-state index contributed by atoms with van der Waals surface area (Å²) in [5.41, 5.74) is 6.26. The number of nitrogens with two attached hydrogens (primary N) is 1. The standard InChI is InChI=1S/C14H23NO/c1-12(2)14(16,11-15)10-6-9-13-7-4-3-5-8-13/h3-5,7-8,12,16H,6,9-11,15H2,1-2H3. The molecule has 90 valence electrons. The number of hydrogen-bond acceptors (Lipinski definition) is 2. The highest BCUT2D eigenvalue weighted by Crippen LogP contribution is 2.22. The number of aliphatic hydroxyl groups is 1. The Hall–Kier alpha value is -0.860. The van der Waals surface area contributed by atoms with Gasteiger partial charge in [0.05, 0.1) is 5.60 Å². The van der Waals surface area contributed by atoms with Gasteiger partial charge in [-0.1, -0.05) is 44.2 Å². The second kappa shape index (κ2) is 6.02. The lowest BCUT2D eigenvalue weighted by atomic mass is 9.85. The molecular formula is C14H23NO. The maximum atomic E-state index is 10.3. The Labute approximate surface area is 98.5 Å². The topological polar surface area (TPSA) is 46.2 Å². The SMILES string of the molecule is CC(C)C(O)(CN)CCCc1ccccc1. The van der Waals surface area contributed by atoms with Crippen LogP contribution < -0.4 is 5.73 Å². The Morgan fingerprint density at radius 3 is 2.38 bits per heavy atom. The van der Waals surface area contributed by atoms with Crippen LogP contribution in [0.25, 0.3) is 0 Å². The maximum absolute atomic E-state index is 10.3. The summed E-state index contributed by atoms with van der Waals surface area (Å²) in [6.45, 7) is 4.39. The molecule has 0 saturated heterocycles. The largest absolute Gasteiger partial charge is 0.388 e. The van der Waals surface area contributed by atoms with Gasteiger partial charge in [0.25, 0.3) is 0 Å². The predicted octanol–water partition coefficient (Wildman–Crippen LogP) is 2.36. The summed E-state index contributed by atoms with van der Waals surface area (Å²) >= 11 is 0. The minimum absolute atomic E-state index is 0.216. The van der Waals surface area contributed by atoms with Gasteiger partial charge in [0, 0.05) is 6.54 Å². The third kappa shape index (κ3) is 3.62. The Morgan fingerprint density at radius 1 is 1.25 bits per heavy atom. The number of aryl methyl sites for hydroxylation is 1. The van der Waals surface area contributed by atoms with Gasteiger partial charge in [-0.05, 0) is 30.7 Å². The second-order valence-electron chi connectivity index (χ2n) is 4.80. The summed E-state index contributed by atoms with van der Waals surface area (Å²) in [5, 5.41) is 10.3. The minimum atomic E-state index is -0.700. The van der Waals surface area contributed by atoms with E-state index < -0.39 is 5.60 Å². The Bertz CT molecular complexity index is 297. The summed E-state index contributed by atoms with van der Waals surface area (Å²) in [5.74, 6) is 0.216. The van der Waals surface area contributed by atoms with Gasteiger partial charge in [0.2, 0.25) is 0 Å². The summed E-state index contributed by atoms with van der Waals surface area (Å²) in [7, 11) is 0. The van der Waals surface area contributed by atoms with E-state index in [0.717, 1.165) is 19.3 Å². The van der Waals surface area contributed by atoms with E-state index in [-0.39, 0.29) is 5.92 Å². The molecule has 0 aliphatic rings. The van der Waals surface area contributed by atoms with Crippen molar-refractivity contribution < 1.29 is 5.11 Å². The molecule has 1 unspecified atom stereocenters. The lowest BCUT2D eigenvalue weighted by Crippen LogP contribution is -2.42. The van der Waals surface area contributed by atoms with Crippen molar-refractivity contribution in [2.75, 3.05) is 6.54 Å². The molecule has 1 aromatic carbocycles. The van der Waals surface area contributed by atoms with Crippen molar-refractivity contribution in [3.8, 4) is 0 Å². The minimum Gasteiger partial charge on any atom is -0.388 e. The predicted molar refractivity (Wildman–Crippen MR) is 68.2 cm³/mol. The Morgan fingerprint density at radius 2 is 1.88 bits per heavy atom. The molecule has 16 heavy (non-hydrogen) atoms. The van der Waals surface area contributed by atoms with Crippen LogP contribution in [0.5, 0.6) is 0 Å². The third-order valence-electron chi connectivity index (χ3n) is 3.35. The van der Waals surface area contributed by atoms with Gasteiger partial charge in [0.15, 0.2) is 0 Å². The average molecular weight is 221 g/mol. The van der Waals surface area contributed by atoms with Crippen LogP contribution in [-0.4, -0.2) is 17.3 Å². The summed E-state index contributed by atoms with van der Waals surface area (Å²) < 4.78 is 0. The van der Waals surface area contributed by atoms with Gasteiger partial charge in [-0.25, -0.2) is 0 Å². The monoisotopic (exact) mass is 221 g/mol. The molecule has 0 aromatic heterocycles. The molecule has 0 heterocycles. The van der Waals surface area contributed by atoms with Crippen molar-refractivity contribution >= 4 is 0 Å². The molecule has 0 saturated carbocycles. The van der Waals surface area contributed by atoms with Gasteiger partial charge >= 0.3 is 0 Å². The van der Waals surface area contributed by atoms with Gasteiger partial charge in [-0.3, -0.25) is 0 Å². The molecule has 1 rings (SSSR count). The van der Waals surface area contributed by atoms with Gasteiger partial charge < -0.3 is 10.8 Å². The number of hydrogen-bond donors (Lipinski definition) is 2. The Balaban J connectivity index is 2.40. The van der Waals surface area contributed by atoms with Crippen LogP contribution >= 0.6 is 0 Å². The van der Waals surface area contributed by atoms with Crippen LogP contribution in [-0.2, 0) is 6.42 Å². The highest BCUT2D eigenvalue weighted by atomic mass is 16.3. The second-order valence-corrected chi connectivity index (χ2v) is 4.80. The zero-order valence-corrected chi connectivity index (χ0v) is 10.3. The van der Waals surface area contributed by atoms with E-state index in [1.165, 1.54) is 5.56 Å². The molecule has 0 spiro atoms. The normalized spacial score (nSPS) is 15.1. The smallest absolute Gasteiger partial charge is 0.0792 e. The van der Waals surface area contributed by atoms with Crippen LogP contribution in [0.2, 0.25) is 0 Å². The molecule has 0 aliphatic carbocycles. The van der Waals surface area contributed by atoms with Crippen LogP contribution in [0.15, 0.2) is 30.3 Å². The van der Waals surface area contributed by atoms with E-state index in [1.54, 1.807) is 0 Å². The molecule has 3 N–H and O–H groups in total. The first kappa shape index (κ1) is 13.2. The average Bonchev–Trinajstić information content (AvgIpc) is 2.30. The van der Waals surface area contributed by atoms with Crippen LogP contribution in [0.1, 0.15) is 32.3 Å². The van der Waals surface area contributed by atoms with E-state index in [1.807, 2.05) is 32.0 Å². The fourth-order valence-corrected chi connectivity index (χ4v) is 1.87. The number of rotatable bonds is 6. The maximum Gasteiger partial charge on any atom is 0.0792 e. The zero-order chi connectivity index (χ0) is 12.0. The summed E-state index contributed by atoms with van der Waals surface area (Å²) in [6, 6.07) is 10.4. The molecule has 0 aliphatic heterocycles. The molecule has 0 amide bonds. The summed E-state index contributed by atoms with van der Waals surface area (Å²) in [4.78, 5) is 0. The van der Waals surface area contributed by atoms with Gasteiger partial charge in [-0.2, -0.15) is 0 Å². The molecule has 0 radical (unpaired) electrons. The first-order valence-electron chi connectivity index (χ1n) is 6.05. The van der Waals surface area contributed by atoms with Crippen molar-refractivity contribution in [1.82, 2.24) is 0 Å². The van der Waals surface area contributed by atoms with Crippen molar-refractivity contribution in [2.24, 2.45) is 11.7 Å². The Kier molecular flexibility index (Phi) is 4.97. The van der Waals surface area contributed by atoms with E-state index in [9.17, 15) is 5.11 Å². The zero-order valence-electron chi connectivity index (χ0n) is 10.3. The van der Waals surface area contributed by atoms with Crippen LogP contribution in [0.3, 0.4) is 0 Å². The van der Waals surface area contributed by atoms with Crippen LogP contribution in [0.4, 0.5) is 0 Å². The highest BCUT2D eigenvalue weighted by Gasteiger charge is 2.28. The van der Waals surface area contributed by atoms with Crippen molar-refractivity contribution in [2.45, 2.75) is 38.7 Å². The molecule has 2 nitrogen and oxygen atoms in total.